The lowest BCUT2D eigenvalue weighted by molar-refractivity contribution is -0.384. The van der Waals surface area contributed by atoms with Crippen molar-refractivity contribution in [1.29, 1.82) is 5.26 Å². The summed E-state index contributed by atoms with van der Waals surface area (Å²) >= 11 is 1.30. The van der Waals surface area contributed by atoms with Gasteiger partial charge in [0, 0.05) is 34.3 Å². The van der Waals surface area contributed by atoms with Gasteiger partial charge in [0.05, 0.1) is 16.2 Å². The van der Waals surface area contributed by atoms with Crippen molar-refractivity contribution in [2.24, 2.45) is 0 Å². The molecule has 0 unspecified atom stereocenters. The Hall–Kier alpha value is -4.81. The first-order valence-electron chi connectivity index (χ1n) is 10.8. The van der Waals surface area contributed by atoms with Gasteiger partial charge in [-0.25, -0.2) is 4.98 Å². The normalized spacial score (nSPS) is 10.9. The van der Waals surface area contributed by atoms with E-state index < -0.39 is 10.8 Å². The fourth-order valence-corrected chi connectivity index (χ4v) is 4.10. The summed E-state index contributed by atoms with van der Waals surface area (Å²) in [5.74, 6) is -0.162. The van der Waals surface area contributed by atoms with Gasteiger partial charge in [-0.05, 0) is 31.2 Å². The molecule has 36 heavy (non-hydrogen) atoms. The van der Waals surface area contributed by atoms with Crippen LogP contribution in [0.3, 0.4) is 0 Å². The van der Waals surface area contributed by atoms with Gasteiger partial charge in [-0.1, -0.05) is 48.0 Å². The molecule has 1 heterocycles. The first-order chi connectivity index (χ1) is 17.4. The van der Waals surface area contributed by atoms with Crippen LogP contribution in [0, 0.1) is 28.4 Å². The van der Waals surface area contributed by atoms with Crippen molar-refractivity contribution < 1.29 is 14.5 Å². The number of amides is 1. The van der Waals surface area contributed by atoms with E-state index in [9.17, 15) is 20.2 Å². The molecular weight excluding hydrogens is 476 g/mol. The van der Waals surface area contributed by atoms with E-state index in [2.05, 4.69) is 16.4 Å². The number of allylic oxidation sites excluding steroid dienone is 1. The number of anilines is 1. The van der Waals surface area contributed by atoms with E-state index in [4.69, 9.17) is 4.74 Å². The van der Waals surface area contributed by atoms with Gasteiger partial charge >= 0.3 is 0 Å². The molecule has 0 bridgehead atoms. The number of nitrogens with one attached hydrogen (secondary N) is 1. The number of aromatic nitrogens is 1. The van der Waals surface area contributed by atoms with Crippen molar-refractivity contribution in [3.63, 3.8) is 0 Å². The van der Waals surface area contributed by atoms with Gasteiger partial charge in [0.15, 0.2) is 6.61 Å². The molecule has 0 saturated heterocycles. The van der Waals surface area contributed by atoms with Crippen LogP contribution in [0.4, 0.5) is 11.4 Å². The number of thiazole rings is 1. The summed E-state index contributed by atoms with van der Waals surface area (Å²) in [5.41, 5.74) is 3.74. The number of nitrogens with zero attached hydrogens (tertiary/aromatic N) is 3. The van der Waals surface area contributed by atoms with Crippen molar-refractivity contribution in [2.45, 2.75) is 6.92 Å². The van der Waals surface area contributed by atoms with E-state index in [-0.39, 0.29) is 23.6 Å². The molecule has 3 aromatic carbocycles. The molecule has 0 saturated carbocycles. The standard InChI is InChI=1S/C27H20N4O4S/c1-18-7-9-19(10-8-18)24-17-36-27(30-24)21(15-28)13-20-14-23(31(33)34)11-12-25(20)35-16-26(32)29-22-5-3-2-4-6-22/h2-14,17H,16H2,1H3,(H,29,32)/b21-13+. The summed E-state index contributed by atoms with van der Waals surface area (Å²) in [6, 6.07) is 22.9. The zero-order valence-electron chi connectivity index (χ0n) is 19.2. The Bertz CT molecular complexity index is 1470. The van der Waals surface area contributed by atoms with Crippen LogP contribution in [0.15, 0.2) is 78.2 Å². The Balaban J connectivity index is 1.60. The molecule has 0 spiro atoms. The molecule has 0 aliphatic carbocycles. The predicted molar refractivity (Wildman–Crippen MR) is 139 cm³/mol. The number of nitriles is 1. The Morgan fingerprint density at radius 1 is 1.17 bits per heavy atom. The second-order valence-corrected chi connectivity index (χ2v) is 8.61. The maximum atomic E-state index is 12.3. The lowest BCUT2D eigenvalue weighted by atomic mass is 10.1. The molecule has 0 aliphatic heterocycles. The second kappa shape index (κ2) is 11.1. The van der Waals surface area contributed by atoms with Crippen LogP contribution in [0.5, 0.6) is 5.75 Å². The minimum absolute atomic E-state index is 0.167. The zero-order valence-corrected chi connectivity index (χ0v) is 20.0. The van der Waals surface area contributed by atoms with E-state index in [1.165, 1.54) is 35.6 Å². The molecule has 1 N–H and O–H groups in total. The molecule has 9 heteroatoms. The number of rotatable bonds is 8. The lowest BCUT2D eigenvalue weighted by Crippen LogP contribution is -2.20. The average Bonchev–Trinajstić information content (AvgIpc) is 3.37. The molecule has 8 nitrogen and oxygen atoms in total. The monoisotopic (exact) mass is 496 g/mol. The molecule has 4 rings (SSSR count). The van der Waals surface area contributed by atoms with Gasteiger partial charge in [0.25, 0.3) is 11.6 Å². The molecule has 0 fully saturated rings. The maximum absolute atomic E-state index is 12.3. The average molecular weight is 497 g/mol. The third-order valence-corrected chi connectivity index (χ3v) is 6.00. The van der Waals surface area contributed by atoms with Crippen molar-refractivity contribution in [3.8, 4) is 23.1 Å². The Labute approximate surface area is 211 Å². The highest BCUT2D eigenvalue weighted by atomic mass is 32.1. The Kier molecular flexibility index (Phi) is 7.48. The summed E-state index contributed by atoms with van der Waals surface area (Å²) in [4.78, 5) is 27.7. The number of carbonyl (C=O) groups is 1. The van der Waals surface area contributed by atoms with E-state index in [0.29, 0.717) is 16.3 Å². The van der Waals surface area contributed by atoms with E-state index in [1.807, 2.05) is 42.6 Å². The molecule has 0 aliphatic rings. The number of aryl methyl sites for hydroxylation is 1. The SMILES string of the molecule is Cc1ccc(-c2csc(/C(C#N)=C/c3cc([N+](=O)[O-])ccc3OCC(=O)Nc3ccccc3)n2)cc1. The van der Waals surface area contributed by atoms with E-state index in [1.54, 1.807) is 24.3 Å². The highest BCUT2D eigenvalue weighted by Gasteiger charge is 2.15. The van der Waals surface area contributed by atoms with Crippen molar-refractivity contribution in [1.82, 2.24) is 4.98 Å². The van der Waals surface area contributed by atoms with Crippen molar-refractivity contribution in [2.75, 3.05) is 11.9 Å². The molecule has 178 valence electrons. The van der Waals surface area contributed by atoms with Crippen LogP contribution in [-0.4, -0.2) is 22.4 Å². The fourth-order valence-electron chi connectivity index (χ4n) is 3.31. The lowest BCUT2D eigenvalue weighted by Gasteiger charge is -2.10. The topological polar surface area (TPSA) is 118 Å². The van der Waals surface area contributed by atoms with E-state index >= 15 is 0 Å². The number of hydrogen-bond acceptors (Lipinski definition) is 7. The number of para-hydroxylation sites is 1. The Morgan fingerprint density at radius 2 is 1.92 bits per heavy atom. The van der Waals surface area contributed by atoms with Gasteiger partial charge in [0.1, 0.15) is 16.8 Å². The van der Waals surface area contributed by atoms with Gasteiger partial charge in [-0.3, -0.25) is 14.9 Å². The summed E-state index contributed by atoms with van der Waals surface area (Å²) in [5, 5.41) is 26.2. The number of nitro benzene ring substituents is 1. The minimum atomic E-state index is -0.534. The van der Waals surface area contributed by atoms with Gasteiger partial charge in [0.2, 0.25) is 0 Å². The number of non-ortho nitro benzene ring substituents is 1. The second-order valence-electron chi connectivity index (χ2n) is 7.76. The van der Waals surface area contributed by atoms with Crippen LogP contribution >= 0.6 is 11.3 Å². The first-order valence-corrected chi connectivity index (χ1v) is 11.7. The van der Waals surface area contributed by atoms with Crippen LogP contribution < -0.4 is 10.1 Å². The Morgan fingerprint density at radius 3 is 2.61 bits per heavy atom. The minimum Gasteiger partial charge on any atom is -0.483 e. The third-order valence-electron chi connectivity index (χ3n) is 5.12. The number of ether oxygens (including phenoxy) is 1. The van der Waals surface area contributed by atoms with Crippen LogP contribution in [0.1, 0.15) is 16.1 Å². The number of hydrogen-bond donors (Lipinski definition) is 1. The summed E-state index contributed by atoms with van der Waals surface area (Å²) in [7, 11) is 0. The highest BCUT2D eigenvalue weighted by Crippen LogP contribution is 2.31. The van der Waals surface area contributed by atoms with Gasteiger partial charge < -0.3 is 10.1 Å². The smallest absolute Gasteiger partial charge is 0.270 e. The fraction of sp³-hybridized carbons (Fsp3) is 0.0741. The molecule has 0 radical (unpaired) electrons. The van der Waals surface area contributed by atoms with Crippen LogP contribution in [-0.2, 0) is 4.79 Å². The zero-order chi connectivity index (χ0) is 25.5. The summed E-state index contributed by atoms with van der Waals surface area (Å²) in [6.07, 6.45) is 1.48. The van der Waals surface area contributed by atoms with Crippen molar-refractivity contribution >= 4 is 40.3 Å². The first kappa shape index (κ1) is 24.3. The molecule has 1 amide bonds. The third kappa shape index (κ3) is 6.00. The largest absolute Gasteiger partial charge is 0.483 e. The number of benzene rings is 3. The predicted octanol–water partition coefficient (Wildman–Crippen LogP) is 6.11. The quantitative estimate of drug-likeness (QED) is 0.179. The maximum Gasteiger partial charge on any atom is 0.270 e. The summed E-state index contributed by atoms with van der Waals surface area (Å²) in [6.45, 7) is 1.68. The molecular formula is C27H20N4O4S. The molecule has 4 aromatic rings. The highest BCUT2D eigenvalue weighted by molar-refractivity contribution is 7.11. The van der Waals surface area contributed by atoms with Crippen LogP contribution in [0.2, 0.25) is 0 Å². The van der Waals surface area contributed by atoms with E-state index in [0.717, 1.165) is 16.8 Å². The number of carbonyl (C=O) groups excluding carboxylic acids is 1. The van der Waals surface area contributed by atoms with Gasteiger partial charge in [-0.2, -0.15) is 5.26 Å². The van der Waals surface area contributed by atoms with Crippen molar-refractivity contribution in [3.05, 3.63) is 104 Å². The van der Waals surface area contributed by atoms with Gasteiger partial charge in [-0.15, -0.1) is 11.3 Å². The van der Waals surface area contributed by atoms with Crippen LogP contribution in [0.25, 0.3) is 22.9 Å². The number of nitro groups is 1. The molecule has 0 atom stereocenters. The molecule has 1 aromatic heterocycles. The summed E-state index contributed by atoms with van der Waals surface area (Å²) < 4.78 is 5.67.